The Hall–Kier alpha value is -0.0400. The lowest BCUT2D eigenvalue weighted by molar-refractivity contribution is 0.244. The molecule has 2 N–H and O–H groups in total. The molecule has 11 heavy (non-hydrogen) atoms. The van der Waals surface area contributed by atoms with Crippen molar-refractivity contribution in [3.05, 3.63) is 0 Å². The predicted octanol–water partition coefficient (Wildman–Crippen LogP) is 1.77. The molecule has 0 aromatic carbocycles. The summed E-state index contributed by atoms with van der Waals surface area (Å²) in [4.78, 5) is 0. The molecule has 5 unspecified atom stereocenters. The normalized spacial score (nSPS) is 60.3. The number of hydrogen-bond donors (Lipinski definition) is 1. The van der Waals surface area contributed by atoms with E-state index in [1.807, 2.05) is 0 Å². The monoisotopic (exact) mass is 151 g/mol. The molecule has 1 heteroatoms. The van der Waals surface area contributed by atoms with E-state index in [-0.39, 0.29) is 0 Å². The van der Waals surface area contributed by atoms with Gasteiger partial charge >= 0.3 is 0 Å². The number of fused-ring (bicyclic) bond motifs is 5. The summed E-state index contributed by atoms with van der Waals surface area (Å²) in [6.07, 6.45) is 7.33. The highest BCUT2D eigenvalue weighted by atomic mass is 14.7. The van der Waals surface area contributed by atoms with Gasteiger partial charge in [-0.3, -0.25) is 0 Å². The zero-order valence-corrected chi connectivity index (χ0v) is 7.00. The average molecular weight is 151 g/mol. The van der Waals surface area contributed by atoms with Crippen molar-refractivity contribution >= 4 is 0 Å². The third-order valence-electron chi connectivity index (χ3n) is 4.49. The molecule has 3 rings (SSSR count). The van der Waals surface area contributed by atoms with Crippen molar-refractivity contribution in [3.63, 3.8) is 0 Å². The fraction of sp³-hybridized carbons (Fsp3) is 1.00. The van der Waals surface area contributed by atoms with Gasteiger partial charge in [-0.1, -0.05) is 0 Å². The molecule has 0 aromatic rings. The number of hydrogen-bond acceptors (Lipinski definition) is 1. The Morgan fingerprint density at radius 2 is 1.73 bits per heavy atom. The molecule has 3 fully saturated rings. The lowest BCUT2D eigenvalue weighted by atomic mass is 9.80. The van der Waals surface area contributed by atoms with Crippen molar-refractivity contribution in [3.8, 4) is 0 Å². The van der Waals surface area contributed by atoms with Crippen LogP contribution in [-0.4, -0.2) is 6.04 Å². The minimum atomic E-state index is 0.579. The molecule has 0 spiro atoms. The van der Waals surface area contributed by atoms with E-state index in [1.54, 1.807) is 0 Å². The smallest absolute Gasteiger partial charge is 0.00726 e. The first-order valence-electron chi connectivity index (χ1n) is 5.12. The second-order valence-electron chi connectivity index (χ2n) is 4.82. The Labute approximate surface area is 68.3 Å². The van der Waals surface area contributed by atoms with Gasteiger partial charge < -0.3 is 5.73 Å². The maximum atomic E-state index is 6.11. The van der Waals surface area contributed by atoms with Gasteiger partial charge in [0.25, 0.3) is 0 Å². The van der Waals surface area contributed by atoms with Crippen molar-refractivity contribution in [1.82, 2.24) is 0 Å². The van der Waals surface area contributed by atoms with E-state index >= 15 is 0 Å². The van der Waals surface area contributed by atoms with Gasteiger partial charge in [-0.2, -0.15) is 0 Å². The van der Waals surface area contributed by atoms with Crippen molar-refractivity contribution < 1.29 is 0 Å². The van der Waals surface area contributed by atoms with E-state index in [4.69, 9.17) is 5.73 Å². The second kappa shape index (κ2) is 2.01. The highest BCUT2D eigenvalue weighted by molar-refractivity contribution is 5.03. The van der Waals surface area contributed by atoms with Crippen LogP contribution in [0.15, 0.2) is 0 Å². The minimum Gasteiger partial charge on any atom is -0.327 e. The van der Waals surface area contributed by atoms with E-state index < -0.39 is 0 Å². The molecule has 0 amide bonds. The summed E-state index contributed by atoms with van der Waals surface area (Å²) in [5.74, 6) is 4.15. The molecule has 0 aliphatic heterocycles. The van der Waals surface area contributed by atoms with Gasteiger partial charge in [-0.15, -0.1) is 0 Å². The lowest BCUT2D eigenvalue weighted by Crippen LogP contribution is -2.31. The van der Waals surface area contributed by atoms with Crippen LogP contribution in [0.1, 0.15) is 32.1 Å². The highest BCUT2D eigenvalue weighted by Gasteiger charge is 2.52. The van der Waals surface area contributed by atoms with Crippen LogP contribution >= 0.6 is 0 Å². The first kappa shape index (κ1) is 6.47. The largest absolute Gasteiger partial charge is 0.327 e. The molecule has 2 bridgehead atoms. The lowest BCUT2D eigenvalue weighted by Gasteiger charge is -2.26. The zero-order valence-electron chi connectivity index (χ0n) is 7.00. The predicted molar refractivity (Wildman–Crippen MR) is 45.0 cm³/mol. The third-order valence-corrected chi connectivity index (χ3v) is 4.49. The SMILES string of the molecule is NC1CCC2C3CCC(C3)C12. The molecule has 0 radical (unpaired) electrons. The fourth-order valence-electron chi connectivity index (χ4n) is 4.13. The molecule has 3 aliphatic carbocycles. The van der Waals surface area contributed by atoms with Gasteiger partial charge in [0.15, 0.2) is 0 Å². The van der Waals surface area contributed by atoms with E-state index in [0.29, 0.717) is 6.04 Å². The van der Waals surface area contributed by atoms with Gasteiger partial charge in [-0.25, -0.2) is 0 Å². The molecule has 62 valence electrons. The van der Waals surface area contributed by atoms with Crippen LogP contribution in [0.4, 0.5) is 0 Å². The Morgan fingerprint density at radius 1 is 0.909 bits per heavy atom. The molecule has 0 saturated heterocycles. The van der Waals surface area contributed by atoms with Crippen LogP contribution < -0.4 is 5.73 Å². The molecule has 5 atom stereocenters. The van der Waals surface area contributed by atoms with Crippen molar-refractivity contribution in [2.45, 2.75) is 38.1 Å². The van der Waals surface area contributed by atoms with Crippen molar-refractivity contribution in [2.75, 3.05) is 0 Å². The van der Waals surface area contributed by atoms with E-state index in [2.05, 4.69) is 0 Å². The number of nitrogens with two attached hydrogens (primary N) is 1. The maximum absolute atomic E-state index is 6.11. The third kappa shape index (κ3) is 0.703. The summed E-state index contributed by atoms with van der Waals surface area (Å²) in [6.45, 7) is 0. The second-order valence-corrected chi connectivity index (χ2v) is 4.82. The highest BCUT2D eigenvalue weighted by Crippen LogP contribution is 2.58. The fourth-order valence-corrected chi connectivity index (χ4v) is 4.13. The minimum absolute atomic E-state index is 0.579. The molecular formula is C10H17N. The molecule has 3 saturated carbocycles. The Kier molecular flexibility index (Phi) is 1.18. The van der Waals surface area contributed by atoms with Crippen LogP contribution in [0, 0.1) is 23.7 Å². The van der Waals surface area contributed by atoms with E-state index in [0.717, 1.165) is 23.7 Å². The first-order valence-corrected chi connectivity index (χ1v) is 5.12. The van der Waals surface area contributed by atoms with Crippen LogP contribution in [0.5, 0.6) is 0 Å². The summed E-state index contributed by atoms with van der Waals surface area (Å²) in [6, 6.07) is 0.579. The standard InChI is InChI=1S/C10H17N/c11-9-4-3-8-6-1-2-7(5-6)10(8)9/h6-10H,1-5,11H2. The maximum Gasteiger partial charge on any atom is 0.00726 e. The van der Waals surface area contributed by atoms with Gasteiger partial charge in [0, 0.05) is 6.04 Å². The van der Waals surface area contributed by atoms with Crippen molar-refractivity contribution in [2.24, 2.45) is 29.4 Å². The van der Waals surface area contributed by atoms with Crippen LogP contribution in [0.25, 0.3) is 0 Å². The number of rotatable bonds is 0. The van der Waals surface area contributed by atoms with Gasteiger partial charge in [0.2, 0.25) is 0 Å². The first-order chi connectivity index (χ1) is 5.36. The molecule has 0 heterocycles. The van der Waals surface area contributed by atoms with Gasteiger partial charge in [-0.05, 0) is 55.8 Å². The quantitative estimate of drug-likeness (QED) is 0.561. The molecular weight excluding hydrogens is 134 g/mol. The molecule has 1 nitrogen and oxygen atoms in total. The van der Waals surface area contributed by atoms with E-state index in [9.17, 15) is 0 Å². The molecule has 0 aromatic heterocycles. The molecule has 3 aliphatic rings. The van der Waals surface area contributed by atoms with E-state index in [1.165, 1.54) is 32.1 Å². The Morgan fingerprint density at radius 3 is 2.55 bits per heavy atom. The summed E-state index contributed by atoms with van der Waals surface area (Å²) >= 11 is 0. The average Bonchev–Trinajstić information content (AvgIpc) is 2.60. The topological polar surface area (TPSA) is 26.0 Å². The zero-order chi connectivity index (χ0) is 7.42. The Bertz CT molecular complexity index is 178. The van der Waals surface area contributed by atoms with Crippen LogP contribution in [0.3, 0.4) is 0 Å². The van der Waals surface area contributed by atoms with Gasteiger partial charge in [0.1, 0.15) is 0 Å². The summed E-state index contributed by atoms with van der Waals surface area (Å²) in [7, 11) is 0. The summed E-state index contributed by atoms with van der Waals surface area (Å²) < 4.78 is 0. The Balaban J connectivity index is 1.91. The summed E-state index contributed by atoms with van der Waals surface area (Å²) in [5, 5.41) is 0. The van der Waals surface area contributed by atoms with Crippen molar-refractivity contribution in [1.29, 1.82) is 0 Å². The summed E-state index contributed by atoms with van der Waals surface area (Å²) in [5.41, 5.74) is 6.11. The van der Waals surface area contributed by atoms with Crippen LogP contribution in [0.2, 0.25) is 0 Å². The van der Waals surface area contributed by atoms with Gasteiger partial charge in [0.05, 0.1) is 0 Å². The van der Waals surface area contributed by atoms with Crippen LogP contribution in [-0.2, 0) is 0 Å².